The summed E-state index contributed by atoms with van der Waals surface area (Å²) in [5, 5.41) is 3.16. The lowest BCUT2D eigenvalue weighted by Gasteiger charge is -2.20. The van der Waals surface area contributed by atoms with E-state index in [-0.39, 0.29) is 0 Å². The average molecular weight is 210 g/mol. The van der Waals surface area contributed by atoms with E-state index in [0.29, 0.717) is 12.3 Å². The zero-order chi connectivity index (χ0) is 10.9. The molecule has 1 heterocycles. The van der Waals surface area contributed by atoms with E-state index in [0.717, 1.165) is 26.2 Å². The summed E-state index contributed by atoms with van der Waals surface area (Å²) < 4.78 is 0. The Balaban J connectivity index is 2.16. The van der Waals surface area contributed by atoms with Crippen molar-refractivity contribution < 1.29 is 4.79 Å². The maximum atomic E-state index is 11.8. The van der Waals surface area contributed by atoms with Gasteiger partial charge in [-0.15, -0.1) is 6.58 Å². The van der Waals surface area contributed by atoms with Crippen LogP contribution in [0.2, 0.25) is 0 Å². The lowest BCUT2D eigenvalue weighted by molar-refractivity contribution is -0.131. The predicted molar refractivity (Wildman–Crippen MR) is 62.7 cm³/mol. The van der Waals surface area contributed by atoms with Crippen molar-refractivity contribution in [2.75, 3.05) is 26.2 Å². The zero-order valence-electron chi connectivity index (χ0n) is 9.50. The molecule has 0 atom stereocenters. The largest absolute Gasteiger partial charge is 0.343 e. The number of carbonyl (C=O) groups excluding carboxylic acids is 1. The minimum Gasteiger partial charge on any atom is -0.343 e. The third-order valence-electron chi connectivity index (χ3n) is 2.76. The third kappa shape index (κ3) is 4.98. The third-order valence-corrected chi connectivity index (χ3v) is 2.76. The molecule has 0 bridgehead atoms. The van der Waals surface area contributed by atoms with Crippen molar-refractivity contribution in [3.63, 3.8) is 0 Å². The number of likely N-dealkylation sites (tertiary alicyclic amines) is 1. The van der Waals surface area contributed by atoms with Crippen LogP contribution in [0, 0.1) is 0 Å². The molecule has 0 aromatic carbocycles. The second-order valence-electron chi connectivity index (χ2n) is 4.04. The highest BCUT2D eigenvalue weighted by molar-refractivity contribution is 5.76. The topological polar surface area (TPSA) is 32.3 Å². The van der Waals surface area contributed by atoms with Gasteiger partial charge in [0.25, 0.3) is 0 Å². The first kappa shape index (κ1) is 12.2. The van der Waals surface area contributed by atoms with E-state index < -0.39 is 0 Å². The normalized spacial score (nSPS) is 17.2. The summed E-state index contributed by atoms with van der Waals surface area (Å²) in [6.07, 6.45) is 7.33. The Morgan fingerprint density at radius 3 is 2.53 bits per heavy atom. The van der Waals surface area contributed by atoms with Gasteiger partial charge in [-0.3, -0.25) is 4.79 Å². The maximum Gasteiger partial charge on any atom is 0.223 e. The van der Waals surface area contributed by atoms with Crippen LogP contribution in [0.5, 0.6) is 0 Å². The van der Waals surface area contributed by atoms with Crippen LogP contribution in [0.4, 0.5) is 0 Å². The van der Waals surface area contributed by atoms with Gasteiger partial charge in [0.2, 0.25) is 5.91 Å². The monoisotopic (exact) mass is 210 g/mol. The zero-order valence-corrected chi connectivity index (χ0v) is 9.50. The summed E-state index contributed by atoms with van der Waals surface area (Å²) in [5.74, 6) is 0.300. The van der Waals surface area contributed by atoms with Crippen LogP contribution in [-0.2, 0) is 4.79 Å². The van der Waals surface area contributed by atoms with Crippen LogP contribution >= 0.6 is 0 Å². The first-order valence-corrected chi connectivity index (χ1v) is 5.94. The van der Waals surface area contributed by atoms with Gasteiger partial charge in [-0.25, -0.2) is 0 Å². The Kier molecular flexibility index (Phi) is 6.09. The van der Waals surface area contributed by atoms with Crippen LogP contribution in [0.25, 0.3) is 0 Å². The average Bonchev–Trinajstić information content (AvgIpc) is 2.52. The van der Waals surface area contributed by atoms with Gasteiger partial charge >= 0.3 is 0 Å². The summed E-state index contributed by atoms with van der Waals surface area (Å²) in [5.41, 5.74) is 0. The summed E-state index contributed by atoms with van der Waals surface area (Å²) >= 11 is 0. The highest BCUT2D eigenvalue weighted by Gasteiger charge is 2.14. The second kappa shape index (κ2) is 7.46. The minimum atomic E-state index is 0.300. The van der Waals surface area contributed by atoms with Crippen molar-refractivity contribution in [2.24, 2.45) is 0 Å². The molecule has 0 saturated carbocycles. The molecule has 3 nitrogen and oxygen atoms in total. The standard InChI is InChI=1S/C12H22N2O/c1-2-8-13-9-7-12(15)14-10-5-3-4-6-11-14/h2,13H,1,3-11H2. The molecule has 1 amide bonds. The fraction of sp³-hybridized carbons (Fsp3) is 0.750. The van der Waals surface area contributed by atoms with Gasteiger partial charge in [0.1, 0.15) is 0 Å². The highest BCUT2D eigenvalue weighted by Crippen LogP contribution is 2.10. The van der Waals surface area contributed by atoms with Gasteiger partial charge in [-0.1, -0.05) is 18.9 Å². The van der Waals surface area contributed by atoms with E-state index in [1.807, 2.05) is 11.0 Å². The van der Waals surface area contributed by atoms with Gasteiger partial charge in [0.05, 0.1) is 0 Å². The lowest BCUT2D eigenvalue weighted by atomic mass is 10.2. The smallest absolute Gasteiger partial charge is 0.223 e. The SMILES string of the molecule is C=CCNCCC(=O)N1CCCCCC1. The molecule has 0 aromatic heterocycles. The molecule has 3 heteroatoms. The molecule has 1 rings (SSSR count). The van der Waals surface area contributed by atoms with Gasteiger partial charge in [-0.05, 0) is 12.8 Å². The fourth-order valence-electron chi connectivity index (χ4n) is 1.88. The molecule has 1 saturated heterocycles. The van der Waals surface area contributed by atoms with E-state index in [1.54, 1.807) is 0 Å². The molecule has 86 valence electrons. The Labute approximate surface area is 92.5 Å². The van der Waals surface area contributed by atoms with Gasteiger partial charge in [-0.2, -0.15) is 0 Å². The quantitative estimate of drug-likeness (QED) is 0.551. The molecule has 1 fully saturated rings. The minimum absolute atomic E-state index is 0.300. The fourth-order valence-corrected chi connectivity index (χ4v) is 1.88. The molecular weight excluding hydrogens is 188 g/mol. The van der Waals surface area contributed by atoms with E-state index in [1.165, 1.54) is 25.7 Å². The number of nitrogens with zero attached hydrogens (tertiary/aromatic N) is 1. The number of amides is 1. The number of rotatable bonds is 5. The second-order valence-corrected chi connectivity index (χ2v) is 4.04. The van der Waals surface area contributed by atoms with Gasteiger partial charge in [0.15, 0.2) is 0 Å². The molecule has 0 aromatic rings. The van der Waals surface area contributed by atoms with Crippen molar-refractivity contribution in [3.8, 4) is 0 Å². The molecular formula is C12H22N2O. The van der Waals surface area contributed by atoms with Gasteiger partial charge < -0.3 is 10.2 Å². The molecule has 1 aliphatic heterocycles. The molecule has 0 unspecified atom stereocenters. The summed E-state index contributed by atoms with van der Waals surface area (Å²) in [7, 11) is 0. The van der Waals surface area contributed by atoms with Crippen molar-refractivity contribution in [3.05, 3.63) is 12.7 Å². The van der Waals surface area contributed by atoms with Crippen LogP contribution in [0.3, 0.4) is 0 Å². The molecule has 1 N–H and O–H groups in total. The first-order valence-electron chi connectivity index (χ1n) is 5.94. The van der Waals surface area contributed by atoms with E-state index in [4.69, 9.17) is 0 Å². The Hall–Kier alpha value is -0.830. The Morgan fingerprint density at radius 2 is 1.93 bits per heavy atom. The van der Waals surface area contributed by atoms with Crippen molar-refractivity contribution in [2.45, 2.75) is 32.1 Å². The van der Waals surface area contributed by atoms with E-state index in [9.17, 15) is 4.79 Å². The van der Waals surface area contributed by atoms with E-state index >= 15 is 0 Å². The predicted octanol–water partition coefficient (Wildman–Crippen LogP) is 1.55. The molecule has 15 heavy (non-hydrogen) atoms. The van der Waals surface area contributed by atoms with Gasteiger partial charge in [0, 0.05) is 32.6 Å². The molecule has 0 aliphatic carbocycles. The lowest BCUT2D eigenvalue weighted by Crippen LogP contribution is -2.33. The number of nitrogens with one attached hydrogen (secondary N) is 1. The molecule has 0 spiro atoms. The molecule has 0 radical (unpaired) electrons. The Morgan fingerprint density at radius 1 is 1.27 bits per heavy atom. The highest BCUT2D eigenvalue weighted by atomic mass is 16.2. The number of carbonyl (C=O) groups is 1. The van der Waals surface area contributed by atoms with Crippen LogP contribution in [-0.4, -0.2) is 37.0 Å². The van der Waals surface area contributed by atoms with Crippen molar-refractivity contribution in [1.29, 1.82) is 0 Å². The summed E-state index contributed by atoms with van der Waals surface area (Å²) in [6, 6.07) is 0. The first-order chi connectivity index (χ1) is 7.34. The number of hydrogen-bond acceptors (Lipinski definition) is 2. The van der Waals surface area contributed by atoms with Crippen molar-refractivity contribution in [1.82, 2.24) is 10.2 Å². The molecule has 1 aliphatic rings. The van der Waals surface area contributed by atoms with Crippen LogP contribution in [0.1, 0.15) is 32.1 Å². The summed E-state index contributed by atoms with van der Waals surface area (Å²) in [4.78, 5) is 13.8. The van der Waals surface area contributed by atoms with Crippen LogP contribution in [0.15, 0.2) is 12.7 Å². The Bertz CT molecular complexity index is 196. The van der Waals surface area contributed by atoms with E-state index in [2.05, 4.69) is 11.9 Å². The maximum absolute atomic E-state index is 11.8. The van der Waals surface area contributed by atoms with Crippen LogP contribution < -0.4 is 5.32 Å². The number of hydrogen-bond donors (Lipinski definition) is 1. The van der Waals surface area contributed by atoms with Crippen molar-refractivity contribution >= 4 is 5.91 Å². The summed E-state index contributed by atoms with van der Waals surface area (Å²) in [6.45, 7) is 7.09.